The number of carboxylic acid groups (broad SMARTS) is 1. The number of unbranched alkanes of at least 4 members (excludes halogenated alkanes) is 2. The van der Waals surface area contributed by atoms with Gasteiger partial charge in [-0.2, -0.15) is 0 Å². The SMILES string of the molecule is Cc1ccc(/C=C2/SC(=S)N(CCC(=O)NCCCCCC(=O)O)C2O)cc1. The molecular weight excluding hydrogens is 396 g/mol. The van der Waals surface area contributed by atoms with Crippen LogP contribution in [0.1, 0.15) is 43.2 Å². The second-order valence-corrected chi connectivity index (χ2v) is 8.40. The Balaban J connectivity index is 1.74. The summed E-state index contributed by atoms with van der Waals surface area (Å²) in [5.41, 5.74) is 2.17. The second kappa shape index (κ2) is 11.2. The Labute approximate surface area is 175 Å². The molecule has 0 spiro atoms. The summed E-state index contributed by atoms with van der Waals surface area (Å²) in [6, 6.07) is 8.01. The van der Waals surface area contributed by atoms with E-state index < -0.39 is 12.2 Å². The van der Waals surface area contributed by atoms with Gasteiger partial charge in [-0.1, -0.05) is 60.2 Å². The zero-order chi connectivity index (χ0) is 20.5. The van der Waals surface area contributed by atoms with Crippen molar-refractivity contribution in [2.75, 3.05) is 13.1 Å². The minimum atomic E-state index is -0.831. The van der Waals surface area contributed by atoms with E-state index in [-0.39, 0.29) is 18.7 Å². The van der Waals surface area contributed by atoms with Gasteiger partial charge in [-0.25, -0.2) is 0 Å². The maximum Gasteiger partial charge on any atom is 0.303 e. The van der Waals surface area contributed by atoms with E-state index in [1.165, 1.54) is 17.3 Å². The van der Waals surface area contributed by atoms with E-state index in [9.17, 15) is 14.7 Å². The Bertz CT molecular complexity index is 734. The van der Waals surface area contributed by atoms with Crippen molar-refractivity contribution in [3.8, 4) is 0 Å². The van der Waals surface area contributed by atoms with Gasteiger partial charge in [0.05, 0.1) is 0 Å². The van der Waals surface area contributed by atoms with Crippen LogP contribution < -0.4 is 5.32 Å². The largest absolute Gasteiger partial charge is 0.481 e. The Morgan fingerprint density at radius 2 is 1.93 bits per heavy atom. The number of hydrogen-bond donors (Lipinski definition) is 3. The van der Waals surface area contributed by atoms with Crippen LogP contribution in [0.4, 0.5) is 0 Å². The lowest BCUT2D eigenvalue weighted by atomic mass is 10.1. The van der Waals surface area contributed by atoms with E-state index in [0.717, 1.165) is 23.3 Å². The predicted octanol–water partition coefficient (Wildman–Crippen LogP) is 3.14. The molecule has 2 rings (SSSR count). The molecule has 28 heavy (non-hydrogen) atoms. The molecule has 3 N–H and O–H groups in total. The number of aliphatic hydroxyl groups is 1. The summed E-state index contributed by atoms with van der Waals surface area (Å²) in [4.78, 5) is 24.8. The van der Waals surface area contributed by atoms with Crippen molar-refractivity contribution in [3.63, 3.8) is 0 Å². The number of aliphatic carboxylic acids is 1. The molecule has 1 saturated heterocycles. The first kappa shape index (κ1) is 22.4. The number of thiocarbonyl (C=S) groups is 1. The number of aliphatic hydroxyl groups excluding tert-OH is 1. The molecule has 1 atom stereocenters. The van der Waals surface area contributed by atoms with Crippen molar-refractivity contribution in [2.45, 2.75) is 45.3 Å². The van der Waals surface area contributed by atoms with Crippen LogP contribution in [0.5, 0.6) is 0 Å². The average Bonchev–Trinajstić information content (AvgIpc) is 2.91. The lowest BCUT2D eigenvalue weighted by molar-refractivity contribution is -0.137. The van der Waals surface area contributed by atoms with Gasteiger partial charge in [-0.3, -0.25) is 9.59 Å². The van der Waals surface area contributed by atoms with Gasteiger partial charge in [-0.05, 0) is 31.4 Å². The molecule has 152 valence electrons. The lowest BCUT2D eigenvalue weighted by Crippen LogP contribution is -2.36. The molecule has 1 fully saturated rings. The van der Waals surface area contributed by atoms with E-state index in [4.69, 9.17) is 17.3 Å². The number of carbonyl (C=O) groups excluding carboxylic acids is 1. The zero-order valence-electron chi connectivity index (χ0n) is 15.9. The highest BCUT2D eigenvalue weighted by atomic mass is 32.2. The summed E-state index contributed by atoms with van der Waals surface area (Å²) in [5, 5.41) is 21.9. The third-order valence-electron chi connectivity index (χ3n) is 4.35. The monoisotopic (exact) mass is 422 g/mol. The number of hydrogen-bond acceptors (Lipinski definition) is 5. The van der Waals surface area contributed by atoms with Gasteiger partial charge < -0.3 is 20.4 Å². The Morgan fingerprint density at radius 3 is 2.61 bits per heavy atom. The number of nitrogens with zero attached hydrogens (tertiary/aromatic N) is 1. The summed E-state index contributed by atoms with van der Waals surface area (Å²) in [6.07, 6.45) is 3.63. The van der Waals surface area contributed by atoms with Crippen molar-refractivity contribution in [1.29, 1.82) is 0 Å². The van der Waals surface area contributed by atoms with Crippen LogP contribution >= 0.6 is 24.0 Å². The minimum Gasteiger partial charge on any atom is -0.481 e. The highest BCUT2D eigenvalue weighted by Gasteiger charge is 2.32. The first-order chi connectivity index (χ1) is 13.4. The summed E-state index contributed by atoms with van der Waals surface area (Å²) < 4.78 is 0.562. The van der Waals surface area contributed by atoms with E-state index in [0.29, 0.717) is 23.8 Å². The number of carboxylic acids is 1. The molecule has 1 amide bonds. The van der Waals surface area contributed by atoms with Gasteiger partial charge in [0.1, 0.15) is 4.32 Å². The standard InChI is InChI=1S/C20H26N2O4S2/c1-14-6-8-15(9-7-14)13-16-19(26)22(20(27)28-16)12-10-17(23)21-11-4-2-3-5-18(24)25/h6-9,13,19,26H,2-5,10-12H2,1H3,(H,21,23)(H,24,25)/b16-13+. The number of rotatable bonds is 10. The molecule has 1 unspecified atom stereocenters. The van der Waals surface area contributed by atoms with E-state index in [1.807, 2.05) is 37.3 Å². The fourth-order valence-corrected chi connectivity index (χ4v) is 4.14. The fraction of sp³-hybridized carbons (Fsp3) is 0.450. The third kappa shape index (κ3) is 7.26. The third-order valence-corrected chi connectivity index (χ3v) is 5.80. The smallest absolute Gasteiger partial charge is 0.303 e. The fourth-order valence-electron chi connectivity index (χ4n) is 2.73. The van der Waals surface area contributed by atoms with Gasteiger partial charge in [0.15, 0.2) is 6.23 Å². The summed E-state index contributed by atoms with van der Waals surface area (Å²) >= 11 is 6.70. The number of carbonyl (C=O) groups is 2. The molecule has 8 heteroatoms. The first-order valence-electron chi connectivity index (χ1n) is 9.30. The number of nitrogens with one attached hydrogen (secondary N) is 1. The summed E-state index contributed by atoms with van der Waals surface area (Å²) in [7, 11) is 0. The molecule has 0 saturated carbocycles. The van der Waals surface area contributed by atoms with Gasteiger partial charge in [0, 0.05) is 30.8 Å². The topological polar surface area (TPSA) is 89.9 Å². The average molecular weight is 423 g/mol. The van der Waals surface area contributed by atoms with Crippen LogP contribution in [0, 0.1) is 6.92 Å². The number of benzene rings is 1. The highest BCUT2D eigenvalue weighted by molar-refractivity contribution is 8.25. The zero-order valence-corrected chi connectivity index (χ0v) is 17.5. The summed E-state index contributed by atoms with van der Waals surface area (Å²) in [5.74, 6) is -0.896. The van der Waals surface area contributed by atoms with E-state index in [1.54, 1.807) is 4.90 Å². The molecule has 1 aliphatic rings. The van der Waals surface area contributed by atoms with Gasteiger partial charge in [0.25, 0.3) is 0 Å². The molecule has 1 aromatic carbocycles. The molecule has 0 bridgehead atoms. The van der Waals surface area contributed by atoms with Crippen molar-refractivity contribution in [1.82, 2.24) is 10.2 Å². The Morgan fingerprint density at radius 1 is 1.21 bits per heavy atom. The molecule has 0 aliphatic carbocycles. The molecule has 0 radical (unpaired) electrons. The highest BCUT2D eigenvalue weighted by Crippen LogP contribution is 2.35. The van der Waals surface area contributed by atoms with Crippen molar-refractivity contribution in [2.24, 2.45) is 0 Å². The molecule has 1 aromatic rings. The van der Waals surface area contributed by atoms with Gasteiger partial charge in [0.2, 0.25) is 5.91 Å². The van der Waals surface area contributed by atoms with Gasteiger partial charge >= 0.3 is 5.97 Å². The first-order valence-corrected chi connectivity index (χ1v) is 10.5. The lowest BCUT2D eigenvalue weighted by Gasteiger charge is -2.21. The molecule has 1 heterocycles. The van der Waals surface area contributed by atoms with Crippen LogP contribution in [0.2, 0.25) is 0 Å². The van der Waals surface area contributed by atoms with Crippen LogP contribution in [0.25, 0.3) is 6.08 Å². The second-order valence-electron chi connectivity index (χ2n) is 6.70. The van der Waals surface area contributed by atoms with Crippen LogP contribution in [0.3, 0.4) is 0 Å². The van der Waals surface area contributed by atoms with Crippen LogP contribution in [-0.4, -0.2) is 50.6 Å². The number of amides is 1. The van der Waals surface area contributed by atoms with E-state index in [2.05, 4.69) is 5.32 Å². The Hall–Kier alpha value is -1.90. The minimum absolute atomic E-state index is 0.103. The maximum atomic E-state index is 12.0. The van der Waals surface area contributed by atoms with Crippen molar-refractivity contribution < 1.29 is 19.8 Å². The quantitative estimate of drug-likeness (QED) is 0.394. The van der Waals surface area contributed by atoms with E-state index >= 15 is 0 Å². The molecule has 6 nitrogen and oxygen atoms in total. The number of thioether (sulfide) groups is 1. The molecule has 0 aromatic heterocycles. The van der Waals surface area contributed by atoms with Crippen LogP contribution in [-0.2, 0) is 9.59 Å². The van der Waals surface area contributed by atoms with Gasteiger partial charge in [-0.15, -0.1) is 0 Å². The number of aryl methyl sites for hydroxylation is 1. The maximum absolute atomic E-state index is 12.0. The predicted molar refractivity (Wildman–Crippen MR) is 116 cm³/mol. The van der Waals surface area contributed by atoms with Crippen molar-refractivity contribution in [3.05, 3.63) is 40.3 Å². The normalized spacial score (nSPS) is 17.9. The Kier molecular flexibility index (Phi) is 8.95. The van der Waals surface area contributed by atoms with Crippen LogP contribution in [0.15, 0.2) is 29.2 Å². The molecular formula is C20H26N2O4S2. The van der Waals surface area contributed by atoms with Crippen molar-refractivity contribution >= 4 is 46.3 Å². The summed E-state index contributed by atoms with van der Waals surface area (Å²) in [6.45, 7) is 2.90. The molecule has 1 aliphatic heterocycles.